The number of rotatable bonds is 5. The first-order chi connectivity index (χ1) is 16.7. The third-order valence-electron chi connectivity index (χ3n) is 6.17. The lowest BCUT2D eigenvalue weighted by atomic mass is 10.1. The molecule has 1 aromatic carbocycles. The minimum atomic E-state index is -0.578. The molecule has 4 heterocycles. The first-order valence-electron chi connectivity index (χ1n) is 11.3. The number of fused-ring (bicyclic) bond motifs is 2. The van der Waals surface area contributed by atoms with Crippen LogP contribution in [0.5, 0.6) is 11.5 Å². The third kappa shape index (κ3) is 3.92. The summed E-state index contributed by atoms with van der Waals surface area (Å²) in [5, 5.41) is 4.99. The Morgan fingerprint density at radius 1 is 1.00 bits per heavy atom. The van der Waals surface area contributed by atoms with Gasteiger partial charge in [-0.3, -0.25) is 9.48 Å². The molecule has 3 aromatic heterocycles. The fraction of sp³-hybridized carbons (Fsp3) is 0.308. The number of Topliss-reactive ketones (excluding diaryl/α,β-unsaturated/α-hetero) is 1. The molecule has 0 atom stereocenters. The smallest absolute Gasteiger partial charge is 0.339 e. The Bertz CT molecular complexity index is 1500. The summed E-state index contributed by atoms with van der Waals surface area (Å²) in [4.78, 5) is 30.5. The Morgan fingerprint density at radius 2 is 1.74 bits per heavy atom. The zero-order valence-corrected chi connectivity index (χ0v) is 20.3. The van der Waals surface area contributed by atoms with Gasteiger partial charge < -0.3 is 18.8 Å². The van der Waals surface area contributed by atoms with Crippen LogP contribution in [-0.4, -0.2) is 50.9 Å². The first kappa shape index (κ1) is 22.6. The number of aromatic nitrogens is 4. The average Bonchev–Trinajstić information content (AvgIpc) is 3.30. The molecule has 0 fully saturated rings. The Kier molecular flexibility index (Phi) is 5.55. The quantitative estimate of drug-likeness (QED) is 0.321. The summed E-state index contributed by atoms with van der Waals surface area (Å²) in [6.45, 7) is 8.06. The second-order valence-electron chi connectivity index (χ2n) is 8.67. The number of aryl methyl sites for hydroxylation is 4. The molecule has 1 aliphatic rings. The van der Waals surface area contributed by atoms with Crippen molar-refractivity contribution in [3.05, 3.63) is 64.2 Å². The van der Waals surface area contributed by atoms with Gasteiger partial charge in [-0.1, -0.05) is 0 Å². The second-order valence-corrected chi connectivity index (χ2v) is 8.67. The Morgan fingerprint density at radius 3 is 2.51 bits per heavy atom. The molecule has 180 valence electrons. The summed E-state index contributed by atoms with van der Waals surface area (Å²) < 4.78 is 20.4. The van der Waals surface area contributed by atoms with Gasteiger partial charge in [0.15, 0.2) is 23.8 Å². The van der Waals surface area contributed by atoms with Gasteiger partial charge in [-0.05, 0) is 52.0 Å². The molecule has 35 heavy (non-hydrogen) atoms. The molecule has 0 N–H and O–H groups in total. The number of hydrogen-bond acceptors (Lipinski definition) is 7. The van der Waals surface area contributed by atoms with Gasteiger partial charge >= 0.3 is 5.97 Å². The van der Waals surface area contributed by atoms with Crippen LogP contribution in [-0.2, 0) is 11.8 Å². The van der Waals surface area contributed by atoms with Gasteiger partial charge in [-0.2, -0.15) is 5.10 Å². The number of hydrogen-bond donors (Lipinski definition) is 0. The van der Waals surface area contributed by atoms with Gasteiger partial charge in [0, 0.05) is 41.4 Å². The lowest BCUT2D eigenvalue weighted by molar-refractivity contribution is 0.0476. The van der Waals surface area contributed by atoms with Gasteiger partial charge in [0.05, 0.1) is 16.6 Å². The van der Waals surface area contributed by atoms with E-state index in [0.29, 0.717) is 58.3 Å². The van der Waals surface area contributed by atoms with Crippen LogP contribution in [0.3, 0.4) is 0 Å². The highest BCUT2D eigenvalue weighted by atomic mass is 16.6. The number of ether oxygens (including phenoxy) is 3. The maximum Gasteiger partial charge on any atom is 0.339 e. The summed E-state index contributed by atoms with van der Waals surface area (Å²) in [6.07, 6.45) is 0. The van der Waals surface area contributed by atoms with Crippen molar-refractivity contribution in [1.82, 2.24) is 19.3 Å². The topological polar surface area (TPSA) is 97.5 Å². The van der Waals surface area contributed by atoms with Crippen molar-refractivity contribution < 1.29 is 23.8 Å². The fourth-order valence-electron chi connectivity index (χ4n) is 4.63. The number of carbonyl (C=O) groups is 2. The molecule has 0 radical (unpaired) electrons. The van der Waals surface area contributed by atoms with Gasteiger partial charge in [0.1, 0.15) is 13.2 Å². The van der Waals surface area contributed by atoms with Crippen LogP contribution in [0.1, 0.15) is 43.5 Å². The maximum absolute atomic E-state index is 13.1. The molecule has 9 nitrogen and oxygen atoms in total. The fourth-order valence-corrected chi connectivity index (χ4v) is 4.63. The van der Waals surface area contributed by atoms with Crippen LogP contribution in [0.15, 0.2) is 30.3 Å². The molecule has 0 amide bonds. The number of ketones is 1. The van der Waals surface area contributed by atoms with Crippen LogP contribution >= 0.6 is 0 Å². The molecule has 5 rings (SSSR count). The first-order valence-corrected chi connectivity index (χ1v) is 11.3. The molecular formula is C26H26N4O5. The third-order valence-corrected chi connectivity index (χ3v) is 6.17. The van der Waals surface area contributed by atoms with Crippen LogP contribution < -0.4 is 9.47 Å². The highest BCUT2D eigenvalue weighted by Gasteiger charge is 2.23. The van der Waals surface area contributed by atoms with Gasteiger partial charge in [0.25, 0.3) is 0 Å². The van der Waals surface area contributed by atoms with E-state index in [4.69, 9.17) is 14.2 Å². The van der Waals surface area contributed by atoms with Crippen molar-refractivity contribution in [1.29, 1.82) is 0 Å². The average molecular weight is 475 g/mol. The number of pyridine rings is 1. The van der Waals surface area contributed by atoms with E-state index in [1.807, 2.05) is 49.6 Å². The Labute approximate surface area is 202 Å². The van der Waals surface area contributed by atoms with E-state index in [1.54, 1.807) is 24.7 Å². The highest BCUT2D eigenvalue weighted by molar-refractivity contribution is 6.05. The van der Waals surface area contributed by atoms with Gasteiger partial charge in [0.2, 0.25) is 5.78 Å². The molecule has 0 bridgehead atoms. The lowest BCUT2D eigenvalue weighted by Gasteiger charge is -2.20. The number of nitrogens with zero attached hydrogens (tertiary/aromatic N) is 4. The standard InChI is InChI=1S/C26H26N4O5/c1-14-10-20(24-16(3)28-29(5)25(24)27-14)26(32)35-13-21(31)19-11-15(2)30(17(19)4)18-6-7-22-23(12-18)34-9-8-33-22/h6-7,10-12H,8-9,13H2,1-5H3. The number of carbonyl (C=O) groups excluding carboxylic acids is 2. The van der Waals surface area contributed by atoms with Crippen LogP contribution in [0, 0.1) is 27.7 Å². The van der Waals surface area contributed by atoms with E-state index < -0.39 is 5.97 Å². The van der Waals surface area contributed by atoms with E-state index in [0.717, 1.165) is 17.1 Å². The van der Waals surface area contributed by atoms with Crippen molar-refractivity contribution in [2.24, 2.45) is 7.05 Å². The number of esters is 1. The van der Waals surface area contributed by atoms with E-state index in [9.17, 15) is 9.59 Å². The van der Waals surface area contributed by atoms with Crippen LogP contribution in [0.25, 0.3) is 16.7 Å². The molecule has 0 unspecified atom stereocenters. The van der Waals surface area contributed by atoms with Crippen molar-refractivity contribution in [2.45, 2.75) is 27.7 Å². The highest BCUT2D eigenvalue weighted by Crippen LogP contribution is 2.33. The van der Waals surface area contributed by atoms with Crippen molar-refractivity contribution in [3.8, 4) is 17.2 Å². The van der Waals surface area contributed by atoms with E-state index >= 15 is 0 Å². The zero-order valence-electron chi connectivity index (χ0n) is 20.3. The molecule has 1 aliphatic heterocycles. The van der Waals surface area contributed by atoms with Gasteiger partial charge in [-0.25, -0.2) is 9.78 Å². The largest absolute Gasteiger partial charge is 0.486 e. The van der Waals surface area contributed by atoms with Gasteiger partial charge in [-0.15, -0.1) is 0 Å². The maximum atomic E-state index is 13.1. The summed E-state index contributed by atoms with van der Waals surface area (Å²) in [5.74, 6) is 0.522. The minimum Gasteiger partial charge on any atom is -0.486 e. The molecule has 0 saturated carbocycles. The lowest BCUT2D eigenvalue weighted by Crippen LogP contribution is -2.16. The molecule has 0 aliphatic carbocycles. The molecule has 4 aromatic rings. The summed E-state index contributed by atoms with van der Waals surface area (Å²) in [6, 6.07) is 9.16. The summed E-state index contributed by atoms with van der Waals surface area (Å²) in [5.41, 5.74) is 5.30. The predicted octanol–water partition coefficient (Wildman–Crippen LogP) is 3.80. The second kappa shape index (κ2) is 8.57. The monoisotopic (exact) mass is 474 g/mol. The van der Waals surface area contributed by atoms with Crippen LogP contribution in [0.4, 0.5) is 0 Å². The number of benzene rings is 1. The Balaban J connectivity index is 1.38. The van der Waals surface area contributed by atoms with E-state index in [2.05, 4.69) is 10.1 Å². The van der Waals surface area contributed by atoms with Crippen molar-refractivity contribution in [2.75, 3.05) is 19.8 Å². The van der Waals surface area contributed by atoms with E-state index in [1.165, 1.54) is 0 Å². The normalized spacial score (nSPS) is 12.7. The van der Waals surface area contributed by atoms with Crippen molar-refractivity contribution in [3.63, 3.8) is 0 Å². The SMILES string of the molecule is Cc1cc(C(=O)OCC(=O)c2cc(C)n(-c3ccc4c(c3)OCCO4)c2C)c2c(C)nn(C)c2n1. The summed E-state index contributed by atoms with van der Waals surface area (Å²) >= 11 is 0. The minimum absolute atomic E-state index is 0.278. The van der Waals surface area contributed by atoms with E-state index in [-0.39, 0.29) is 12.4 Å². The molecule has 9 heteroatoms. The van der Waals surface area contributed by atoms with Crippen LogP contribution in [0.2, 0.25) is 0 Å². The Hall–Kier alpha value is -4.14. The predicted molar refractivity (Wildman–Crippen MR) is 129 cm³/mol. The molecule has 0 saturated heterocycles. The zero-order chi connectivity index (χ0) is 24.9. The molecule has 0 spiro atoms. The summed E-state index contributed by atoms with van der Waals surface area (Å²) in [7, 11) is 1.78. The van der Waals surface area contributed by atoms with Crippen molar-refractivity contribution >= 4 is 22.8 Å². The molecular weight excluding hydrogens is 448 g/mol.